The molecule has 142 valence electrons. The minimum absolute atomic E-state index is 0.0338. The van der Waals surface area contributed by atoms with E-state index in [1.165, 1.54) is 24.3 Å². The van der Waals surface area contributed by atoms with Crippen LogP contribution in [0.1, 0.15) is 44.0 Å². The van der Waals surface area contributed by atoms with Crippen molar-refractivity contribution in [2.45, 2.75) is 39.2 Å². The number of nitrogens with one attached hydrogen (secondary N) is 1. The molecule has 1 fully saturated rings. The monoisotopic (exact) mass is 363 g/mol. The van der Waals surface area contributed by atoms with Crippen LogP contribution in [0.2, 0.25) is 0 Å². The molecule has 0 aromatic heterocycles. The van der Waals surface area contributed by atoms with Crippen LogP contribution in [0.3, 0.4) is 0 Å². The Bertz CT molecular complexity index is 658. The summed E-state index contributed by atoms with van der Waals surface area (Å²) in [7, 11) is 0. The number of carbonyl (C=O) groups excluding carboxylic acids is 2. The van der Waals surface area contributed by atoms with E-state index in [1.807, 2.05) is 20.8 Å². The SMILES string of the molecule is CC(C)(C)OC(=O)NCC1CCN(C(=O)c2ccc([N+](=O)[O-])cc2)CC1. The van der Waals surface area contributed by atoms with Gasteiger partial charge in [0.05, 0.1) is 4.92 Å². The summed E-state index contributed by atoms with van der Waals surface area (Å²) in [5.41, 5.74) is -0.112. The van der Waals surface area contributed by atoms with E-state index in [0.717, 1.165) is 12.8 Å². The Morgan fingerprint density at radius 3 is 2.31 bits per heavy atom. The van der Waals surface area contributed by atoms with E-state index in [0.29, 0.717) is 31.1 Å². The molecule has 0 spiro atoms. The van der Waals surface area contributed by atoms with Gasteiger partial charge in [0, 0.05) is 37.3 Å². The van der Waals surface area contributed by atoms with Gasteiger partial charge in [0.15, 0.2) is 0 Å². The van der Waals surface area contributed by atoms with Gasteiger partial charge < -0.3 is 15.0 Å². The second-order valence-electron chi connectivity index (χ2n) is 7.42. The number of benzene rings is 1. The quantitative estimate of drug-likeness (QED) is 0.654. The van der Waals surface area contributed by atoms with Crippen molar-refractivity contribution in [2.24, 2.45) is 5.92 Å². The number of alkyl carbamates (subject to hydrolysis) is 1. The molecule has 1 aliphatic rings. The molecule has 0 atom stereocenters. The predicted octanol–water partition coefficient (Wildman–Crippen LogP) is 2.97. The van der Waals surface area contributed by atoms with Gasteiger partial charge in [-0.3, -0.25) is 14.9 Å². The van der Waals surface area contributed by atoms with Gasteiger partial charge in [0.2, 0.25) is 0 Å². The third-order valence-electron chi connectivity index (χ3n) is 4.16. The number of nitro benzene ring substituents is 1. The van der Waals surface area contributed by atoms with E-state index in [-0.39, 0.29) is 11.6 Å². The summed E-state index contributed by atoms with van der Waals surface area (Å²) in [6, 6.07) is 5.64. The van der Waals surface area contributed by atoms with Gasteiger partial charge in [-0.2, -0.15) is 0 Å². The Labute approximate surface area is 152 Å². The number of hydrogen-bond acceptors (Lipinski definition) is 5. The number of carbonyl (C=O) groups is 2. The Kier molecular flexibility index (Phi) is 6.18. The lowest BCUT2D eigenvalue weighted by molar-refractivity contribution is -0.384. The first-order valence-corrected chi connectivity index (χ1v) is 8.66. The minimum Gasteiger partial charge on any atom is -0.444 e. The largest absolute Gasteiger partial charge is 0.444 e. The molecule has 0 unspecified atom stereocenters. The van der Waals surface area contributed by atoms with Crippen molar-refractivity contribution in [3.8, 4) is 0 Å². The lowest BCUT2D eigenvalue weighted by atomic mass is 9.96. The zero-order chi connectivity index (χ0) is 19.3. The van der Waals surface area contributed by atoms with Crippen LogP contribution in [0.15, 0.2) is 24.3 Å². The maximum Gasteiger partial charge on any atom is 0.407 e. The molecule has 1 saturated heterocycles. The molecule has 8 nitrogen and oxygen atoms in total. The van der Waals surface area contributed by atoms with Crippen LogP contribution >= 0.6 is 0 Å². The molecular formula is C18H25N3O5. The van der Waals surface area contributed by atoms with Crippen LogP contribution in [-0.4, -0.2) is 47.1 Å². The minimum atomic E-state index is -0.523. The molecule has 0 saturated carbocycles. The maximum absolute atomic E-state index is 12.5. The van der Waals surface area contributed by atoms with E-state index in [4.69, 9.17) is 4.74 Å². The summed E-state index contributed by atoms with van der Waals surface area (Å²) >= 11 is 0. The number of nitrogens with zero attached hydrogens (tertiary/aromatic N) is 2. The molecule has 2 rings (SSSR count). The summed E-state index contributed by atoms with van der Waals surface area (Å²) in [4.78, 5) is 36.1. The first-order valence-electron chi connectivity index (χ1n) is 8.66. The standard InChI is InChI=1S/C18H25N3O5/c1-18(2,3)26-17(23)19-12-13-8-10-20(11-9-13)16(22)14-4-6-15(7-5-14)21(24)25/h4-7,13H,8-12H2,1-3H3,(H,19,23). The fourth-order valence-electron chi connectivity index (χ4n) is 2.79. The average Bonchev–Trinajstić information content (AvgIpc) is 2.58. The topological polar surface area (TPSA) is 102 Å². The first kappa shape index (κ1) is 19.7. The summed E-state index contributed by atoms with van der Waals surface area (Å²) in [5, 5.41) is 13.5. The number of piperidine rings is 1. The number of rotatable bonds is 4. The molecule has 1 aliphatic heterocycles. The smallest absolute Gasteiger partial charge is 0.407 e. The van der Waals surface area contributed by atoms with Crippen molar-refractivity contribution in [3.05, 3.63) is 39.9 Å². The molecule has 26 heavy (non-hydrogen) atoms. The highest BCUT2D eigenvalue weighted by Crippen LogP contribution is 2.20. The highest BCUT2D eigenvalue weighted by Gasteiger charge is 2.25. The zero-order valence-electron chi connectivity index (χ0n) is 15.4. The molecule has 1 aromatic rings. The van der Waals surface area contributed by atoms with Crippen LogP contribution in [0.4, 0.5) is 10.5 Å². The fraction of sp³-hybridized carbons (Fsp3) is 0.556. The lowest BCUT2D eigenvalue weighted by Crippen LogP contribution is -2.42. The average molecular weight is 363 g/mol. The molecule has 0 aliphatic carbocycles. The van der Waals surface area contributed by atoms with Crippen molar-refractivity contribution in [1.82, 2.24) is 10.2 Å². The van der Waals surface area contributed by atoms with Crippen molar-refractivity contribution in [1.29, 1.82) is 0 Å². The number of amides is 2. The van der Waals surface area contributed by atoms with E-state index < -0.39 is 16.6 Å². The Morgan fingerprint density at radius 2 is 1.81 bits per heavy atom. The number of likely N-dealkylation sites (tertiary alicyclic amines) is 1. The number of ether oxygens (including phenoxy) is 1. The van der Waals surface area contributed by atoms with E-state index in [2.05, 4.69) is 5.32 Å². The van der Waals surface area contributed by atoms with Gasteiger partial charge in [-0.15, -0.1) is 0 Å². The zero-order valence-corrected chi connectivity index (χ0v) is 15.4. The van der Waals surface area contributed by atoms with Crippen LogP contribution in [-0.2, 0) is 4.74 Å². The number of non-ortho nitro benzene ring substituents is 1. The van der Waals surface area contributed by atoms with Crippen LogP contribution < -0.4 is 5.32 Å². The van der Waals surface area contributed by atoms with Crippen LogP contribution in [0.5, 0.6) is 0 Å². The molecule has 1 heterocycles. The van der Waals surface area contributed by atoms with Crippen LogP contribution in [0, 0.1) is 16.0 Å². The molecule has 1 N–H and O–H groups in total. The van der Waals surface area contributed by atoms with E-state index in [1.54, 1.807) is 4.90 Å². The molecule has 0 bridgehead atoms. The third-order valence-corrected chi connectivity index (χ3v) is 4.16. The third kappa shape index (κ3) is 5.72. The van der Waals surface area contributed by atoms with Crippen molar-refractivity contribution < 1.29 is 19.2 Å². The van der Waals surface area contributed by atoms with Gasteiger partial charge in [-0.1, -0.05) is 0 Å². The maximum atomic E-state index is 12.5. The van der Waals surface area contributed by atoms with E-state index >= 15 is 0 Å². The second-order valence-corrected chi connectivity index (χ2v) is 7.42. The highest BCUT2D eigenvalue weighted by atomic mass is 16.6. The second kappa shape index (κ2) is 8.16. The Balaban J connectivity index is 1.79. The molecule has 2 amide bonds. The summed E-state index contributed by atoms with van der Waals surface area (Å²) < 4.78 is 5.21. The van der Waals surface area contributed by atoms with Gasteiger partial charge in [0.25, 0.3) is 11.6 Å². The van der Waals surface area contributed by atoms with Gasteiger partial charge in [-0.05, 0) is 51.7 Å². The number of hydrogen-bond donors (Lipinski definition) is 1. The van der Waals surface area contributed by atoms with Crippen LogP contribution in [0.25, 0.3) is 0 Å². The van der Waals surface area contributed by atoms with Crippen molar-refractivity contribution >= 4 is 17.7 Å². The summed E-state index contributed by atoms with van der Waals surface area (Å²) in [5.74, 6) is 0.168. The number of nitro groups is 1. The van der Waals surface area contributed by atoms with Gasteiger partial charge >= 0.3 is 6.09 Å². The van der Waals surface area contributed by atoms with Gasteiger partial charge in [0.1, 0.15) is 5.60 Å². The fourth-order valence-corrected chi connectivity index (χ4v) is 2.79. The Hall–Kier alpha value is -2.64. The Morgan fingerprint density at radius 1 is 1.23 bits per heavy atom. The molecular weight excluding hydrogens is 338 g/mol. The lowest BCUT2D eigenvalue weighted by Gasteiger charge is -2.32. The van der Waals surface area contributed by atoms with E-state index in [9.17, 15) is 19.7 Å². The molecule has 8 heteroatoms. The highest BCUT2D eigenvalue weighted by molar-refractivity contribution is 5.94. The normalized spacial score (nSPS) is 15.4. The molecule has 0 radical (unpaired) electrons. The predicted molar refractivity (Wildman–Crippen MR) is 96.0 cm³/mol. The van der Waals surface area contributed by atoms with Gasteiger partial charge in [-0.25, -0.2) is 4.79 Å². The summed E-state index contributed by atoms with van der Waals surface area (Å²) in [6.07, 6.45) is 1.14. The van der Waals surface area contributed by atoms with Crippen molar-refractivity contribution in [2.75, 3.05) is 19.6 Å². The summed E-state index contributed by atoms with van der Waals surface area (Å²) in [6.45, 7) is 7.15. The first-order chi connectivity index (χ1) is 12.2. The van der Waals surface area contributed by atoms with Crippen molar-refractivity contribution in [3.63, 3.8) is 0 Å². The molecule has 1 aromatic carbocycles.